The number of rotatable bonds is 6. The maximum Gasteiger partial charge on any atom is 0.0713 e. The van der Waals surface area contributed by atoms with Crippen LogP contribution in [-0.4, -0.2) is 0 Å². The summed E-state index contributed by atoms with van der Waals surface area (Å²) in [5.74, 6) is 0. The molecule has 10 aromatic carbocycles. The van der Waals surface area contributed by atoms with Gasteiger partial charge in [0.15, 0.2) is 0 Å². The molecule has 2 heterocycles. The van der Waals surface area contributed by atoms with E-state index in [0.29, 0.717) is 0 Å². The van der Waals surface area contributed by atoms with Crippen molar-refractivity contribution in [3.63, 3.8) is 0 Å². The molecule has 0 bridgehead atoms. The maximum absolute atomic E-state index is 2.39. The lowest BCUT2D eigenvalue weighted by Gasteiger charge is -2.34. The lowest BCUT2D eigenvalue weighted by Crippen LogP contribution is -2.28. The Kier molecular flexibility index (Phi) is 8.27. The van der Waals surface area contributed by atoms with Crippen molar-refractivity contribution in [3.05, 3.63) is 253 Å². The van der Waals surface area contributed by atoms with Gasteiger partial charge in [0.25, 0.3) is 0 Å². The quantitative estimate of drug-likeness (QED) is 0.157. The third kappa shape index (κ3) is 5.45. The summed E-state index contributed by atoms with van der Waals surface area (Å²) in [6, 6.07) is 85.8. The highest BCUT2D eigenvalue weighted by atomic mass is 32.1. The molecule has 0 nitrogen and oxygen atoms in total. The zero-order valence-corrected chi connectivity index (χ0v) is 35.9. The van der Waals surface area contributed by atoms with Gasteiger partial charge in [-0.1, -0.05) is 231 Å². The number of fused-ring (bicyclic) bond motifs is 9. The van der Waals surface area contributed by atoms with E-state index >= 15 is 0 Å². The number of hydrogen-bond acceptors (Lipinski definition) is 2. The Morgan fingerprint density at radius 2 is 0.508 bits per heavy atom. The summed E-state index contributed by atoms with van der Waals surface area (Å²) in [4.78, 5) is 0. The summed E-state index contributed by atoms with van der Waals surface area (Å²) in [5.41, 5.74) is 17.4. The largest absolute Gasteiger partial charge is 0.134 e. The highest BCUT2D eigenvalue weighted by molar-refractivity contribution is 7.27. The molecule has 0 unspecified atom stereocenters. The SMILES string of the molecule is c1ccc(-c2cccc3c2sc2c(-c4ccc(C5(c6ccc(-c7cccc8c7sc7c(-c9ccccc9)cccc78)cc6)c6ccccc6-c6ccccc65)cc4)cccc23)cc1. The second kappa shape index (κ2) is 14.4. The fraction of sp³-hybridized carbons (Fsp3) is 0.0164. The van der Waals surface area contributed by atoms with E-state index in [4.69, 9.17) is 0 Å². The Morgan fingerprint density at radius 3 is 0.857 bits per heavy atom. The molecule has 294 valence electrons. The lowest BCUT2D eigenvalue weighted by atomic mass is 9.67. The molecule has 0 saturated heterocycles. The molecule has 13 rings (SSSR count). The smallest absolute Gasteiger partial charge is 0.0713 e. The zero-order chi connectivity index (χ0) is 41.5. The summed E-state index contributed by atoms with van der Waals surface area (Å²) in [7, 11) is 0. The highest BCUT2D eigenvalue weighted by Gasteiger charge is 2.45. The first-order chi connectivity index (χ1) is 31.3. The Morgan fingerprint density at radius 1 is 0.222 bits per heavy atom. The summed E-state index contributed by atoms with van der Waals surface area (Å²) in [5, 5.41) is 5.26. The molecular formula is C61H38S2. The third-order valence-electron chi connectivity index (χ3n) is 13.4. The van der Waals surface area contributed by atoms with Gasteiger partial charge in [-0.25, -0.2) is 0 Å². The number of benzene rings is 10. The van der Waals surface area contributed by atoms with Crippen LogP contribution in [0.4, 0.5) is 0 Å². The van der Waals surface area contributed by atoms with Crippen LogP contribution in [0.2, 0.25) is 0 Å². The highest BCUT2D eigenvalue weighted by Crippen LogP contribution is 2.57. The van der Waals surface area contributed by atoms with Crippen molar-refractivity contribution in [1.82, 2.24) is 0 Å². The third-order valence-corrected chi connectivity index (χ3v) is 16.0. The Hall–Kier alpha value is -7.36. The minimum atomic E-state index is -0.493. The van der Waals surface area contributed by atoms with Gasteiger partial charge in [0.1, 0.15) is 0 Å². The van der Waals surface area contributed by atoms with Crippen molar-refractivity contribution in [3.8, 4) is 55.6 Å². The van der Waals surface area contributed by atoms with E-state index < -0.39 is 5.41 Å². The predicted octanol–water partition coefficient (Wildman–Crippen LogP) is 17.5. The summed E-state index contributed by atoms with van der Waals surface area (Å²) in [6.45, 7) is 0. The van der Waals surface area contributed by atoms with Crippen LogP contribution in [0.25, 0.3) is 96.0 Å². The maximum atomic E-state index is 2.39. The van der Waals surface area contributed by atoms with Gasteiger partial charge < -0.3 is 0 Å². The normalized spacial score (nSPS) is 12.9. The minimum Gasteiger partial charge on any atom is -0.134 e. The topological polar surface area (TPSA) is 0 Å². The van der Waals surface area contributed by atoms with Crippen LogP contribution >= 0.6 is 22.7 Å². The second-order valence-electron chi connectivity index (χ2n) is 16.7. The molecule has 1 aliphatic carbocycles. The monoisotopic (exact) mass is 834 g/mol. The average molecular weight is 835 g/mol. The van der Waals surface area contributed by atoms with E-state index in [1.54, 1.807) is 0 Å². The fourth-order valence-electron chi connectivity index (χ4n) is 10.6. The molecule has 2 heteroatoms. The Bertz CT molecular complexity index is 3450. The minimum absolute atomic E-state index is 0.493. The zero-order valence-electron chi connectivity index (χ0n) is 34.3. The van der Waals surface area contributed by atoms with Crippen LogP contribution in [0.1, 0.15) is 22.3 Å². The molecule has 0 spiro atoms. The lowest BCUT2D eigenvalue weighted by molar-refractivity contribution is 0.769. The molecule has 0 saturated carbocycles. The van der Waals surface area contributed by atoms with Crippen molar-refractivity contribution in [2.45, 2.75) is 5.41 Å². The average Bonchev–Trinajstić information content (AvgIpc) is 4.04. The van der Waals surface area contributed by atoms with E-state index in [1.807, 2.05) is 22.7 Å². The summed E-state index contributed by atoms with van der Waals surface area (Å²) >= 11 is 3.83. The van der Waals surface area contributed by atoms with Crippen molar-refractivity contribution >= 4 is 63.0 Å². The molecule has 0 radical (unpaired) electrons. The molecule has 63 heavy (non-hydrogen) atoms. The standard InChI is InChI=1S/C61H38S2/c1-3-15-39(16-4-1)45-21-11-25-51-53-27-13-23-47(59(53)62-57(45)51)41-31-35-43(36-32-41)61(55-29-9-7-19-49(55)50-20-8-10-30-56(50)61)44-37-33-42(34-38-44)48-24-14-28-54-52-26-12-22-46(58(52)63-60(48)54)40-17-5-2-6-18-40/h1-38H. The molecule has 0 amide bonds. The Labute approximate surface area is 374 Å². The first-order valence-corrected chi connectivity index (χ1v) is 23.3. The number of hydrogen-bond donors (Lipinski definition) is 0. The van der Waals surface area contributed by atoms with Crippen molar-refractivity contribution in [2.75, 3.05) is 0 Å². The number of thiophene rings is 2. The van der Waals surface area contributed by atoms with Crippen LogP contribution < -0.4 is 0 Å². The van der Waals surface area contributed by atoms with Gasteiger partial charge in [-0.3, -0.25) is 0 Å². The summed E-state index contributed by atoms with van der Waals surface area (Å²) in [6.07, 6.45) is 0. The Balaban J connectivity index is 0.955. The van der Waals surface area contributed by atoms with Crippen LogP contribution in [0, 0.1) is 0 Å². The molecule has 0 N–H and O–H groups in total. The van der Waals surface area contributed by atoms with Gasteiger partial charge in [-0.2, -0.15) is 0 Å². The van der Waals surface area contributed by atoms with Crippen LogP contribution in [-0.2, 0) is 5.41 Å². The van der Waals surface area contributed by atoms with E-state index in [0.717, 1.165) is 0 Å². The molecule has 0 aliphatic heterocycles. The van der Waals surface area contributed by atoms with Crippen LogP contribution in [0.15, 0.2) is 231 Å². The summed E-state index contributed by atoms with van der Waals surface area (Å²) < 4.78 is 5.33. The van der Waals surface area contributed by atoms with Gasteiger partial charge >= 0.3 is 0 Å². The molecule has 1 aliphatic rings. The van der Waals surface area contributed by atoms with Gasteiger partial charge in [0.2, 0.25) is 0 Å². The second-order valence-corrected chi connectivity index (χ2v) is 18.7. The van der Waals surface area contributed by atoms with Crippen LogP contribution in [0.5, 0.6) is 0 Å². The molecule has 0 fully saturated rings. The predicted molar refractivity (Wildman–Crippen MR) is 271 cm³/mol. The van der Waals surface area contributed by atoms with Crippen molar-refractivity contribution in [1.29, 1.82) is 0 Å². The van der Waals surface area contributed by atoms with Crippen molar-refractivity contribution in [2.24, 2.45) is 0 Å². The first kappa shape index (κ1) is 36.3. The van der Waals surface area contributed by atoms with Gasteiger partial charge in [-0.15, -0.1) is 22.7 Å². The van der Waals surface area contributed by atoms with Gasteiger partial charge in [-0.05, 0) is 77.9 Å². The van der Waals surface area contributed by atoms with E-state index in [-0.39, 0.29) is 0 Å². The van der Waals surface area contributed by atoms with Crippen molar-refractivity contribution < 1.29 is 0 Å². The van der Waals surface area contributed by atoms with E-state index in [9.17, 15) is 0 Å². The van der Waals surface area contributed by atoms with Gasteiger partial charge in [0, 0.05) is 40.3 Å². The molecule has 0 atom stereocenters. The molecule has 12 aromatic rings. The fourth-order valence-corrected chi connectivity index (χ4v) is 13.4. The molecule has 2 aromatic heterocycles. The van der Waals surface area contributed by atoms with Crippen LogP contribution in [0.3, 0.4) is 0 Å². The van der Waals surface area contributed by atoms with E-state index in [1.165, 1.54) is 118 Å². The molecular weight excluding hydrogens is 797 g/mol. The first-order valence-electron chi connectivity index (χ1n) is 21.7. The van der Waals surface area contributed by atoms with E-state index in [2.05, 4.69) is 231 Å². The van der Waals surface area contributed by atoms with Gasteiger partial charge in [0.05, 0.1) is 5.41 Å².